The van der Waals surface area contributed by atoms with Crippen LogP contribution < -0.4 is 0 Å². The maximum Gasteiger partial charge on any atom is 0.417 e. The van der Waals surface area contributed by atoms with Crippen LogP contribution in [0.3, 0.4) is 0 Å². The van der Waals surface area contributed by atoms with Gasteiger partial charge in [0.15, 0.2) is 5.78 Å². The fourth-order valence-corrected chi connectivity index (χ4v) is 3.07. The number of alkyl halides is 6. The van der Waals surface area contributed by atoms with Gasteiger partial charge in [0.25, 0.3) is 0 Å². The minimum Gasteiger partial charge on any atom is -0.289 e. The molecule has 0 amide bonds. The predicted molar refractivity (Wildman–Crippen MR) is 96.4 cm³/mol. The van der Waals surface area contributed by atoms with Crippen molar-refractivity contribution in [3.63, 3.8) is 0 Å². The zero-order valence-corrected chi connectivity index (χ0v) is 16.6. The summed E-state index contributed by atoms with van der Waals surface area (Å²) in [5, 5.41) is 0. The average Bonchev–Trinajstić information content (AvgIpc) is 2.52. The first-order chi connectivity index (χ1) is 12.3. The van der Waals surface area contributed by atoms with Crippen LogP contribution in [0.1, 0.15) is 27.0 Å². The third kappa shape index (κ3) is 5.44. The lowest BCUT2D eigenvalue weighted by Crippen LogP contribution is -2.14. The highest BCUT2D eigenvalue weighted by molar-refractivity contribution is 9.10. The van der Waals surface area contributed by atoms with Gasteiger partial charge in [-0.05, 0) is 48.4 Å². The van der Waals surface area contributed by atoms with Gasteiger partial charge in [-0.15, -0.1) is 0 Å². The van der Waals surface area contributed by atoms with E-state index in [1.807, 2.05) is 0 Å². The highest BCUT2D eigenvalue weighted by Crippen LogP contribution is 2.39. The Morgan fingerprint density at radius 1 is 0.926 bits per heavy atom. The zero-order valence-electron chi connectivity index (χ0n) is 13.5. The molecule has 0 aromatic heterocycles. The van der Waals surface area contributed by atoms with E-state index in [-0.39, 0.29) is 10.0 Å². The van der Waals surface area contributed by atoms with Gasteiger partial charge in [-0.25, -0.2) is 0 Å². The number of allylic oxidation sites excluding steroid dienone is 2. The van der Waals surface area contributed by atoms with Crippen molar-refractivity contribution in [2.24, 2.45) is 0 Å². The Balaban J connectivity index is 2.59. The molecule has 144 valence electrons. The summed E-state index contributed by atoms with van der Waals surface area (Å²) < 4.78 is 79.5. The molecule has 0 aliphatic carbocycles. The Hall–Kier alpha value is -1.61. The summed E-state index contributed by atoms with van der Waals surface area (Å²) >= 11 is 5.96. The second-order valence-corrected chi connectivity index (χ2v) is 7.38. The minimum absolute atomic E-state index is 0.0275. The Kier molecular flexibility index (Phi) is 6.26. The van der Waals surface area contributed by atoms with Crippen LogP contribution in [0.15, 0.2) is 51.4 Å². The summed E-state index contributed by atoms with van der Waals surface area (Å²) in [5.41, 5.74) is -2.74. The van der Waals surface area contributed by atoms with Crippen LogP contribution in [0.4, 0.5) is 26.3 Å². The summed E-state index contributed by atoms with van der Waals surface area (Å²) in [7, 11) is 0. The normalized spacial score (nSPS) is 13.0. The highest BCUT2D eigenvalue weighted by Gasteiger charge is 2.38. The van der Waals surface area contributed by atoms with E-state index in [0.29, 0.717) is 22.7 Å². The third-order valence-corrected chi connectivity index (χ3v) is 4.89. The summed E-state index contributed by atoms with van der Waals surface area (Å²) in [6, 6.07) is 6.14. The van der Waals surface area contributed by atoms with E-state index in [0.717, 1.165) is 11.6 Å². The first kappa shape index (κ1) is 21.7. The first-order valence-corrected chi connectivity index (χ1v) is 8.85. The lowest BCUT2D eigenvalue weighted by atomic mass is 9.99. The van der Waals surface area contributed by atoms with Crippen molar-refractivity contribution in [1.82, 2.24) is 0 Å². The third-order valence-electron chi connectivity index (χ3n) is 3.57. The predicted octanol–water partition coefficient (Wildman–Crippen LogP) is 7.37. The van der Waals surface area contributed by atoms with Crippen LogP contribution in [-0.4, -0.2) is 12.0 Å². The summed E-state index contributed by atoms with van der Waals surface area (Å²) in [5.74, 6) is -0.975. The molecule has 9 heteroatoms. The van der Waals surface area contributed by atoms with Gasteiger partial charge in [0.05, 0.1) is 11.1 Å². The van der Waals surface area contributed by atoms with Crippen molar-refractivity contribution in [1.29, 1.82) is 0 Å². The molecule has 27 heavy (non-hydrogen) atoms. The molecule has 0 bridgehead atoms. The van der Waals surface area contributed by atoms with E-state index >= 15 is 0 Å². The van der Waals surface area contributed by atoms with E-state index in [9.17, 15) is 31.1 Å². The number of hydrogen-bond acceptors (Lipinski definition) is 1. The van der Waals surface area contributed by atoms with Gasteiger partial charge in [-0.1, -0.05) is 44.0 Å². The number of aryl methyl sites for hydroxylation is 1. The molecule has 2 aromatic rings. The molecule has 2 aromatic carbocycles. The molecule has 0 aliphatic rings. The van der Waals surface area contributed by atoms with Crippen molar-refractivity contribution >= 4 is 43.2 Å². The van der Waals surface area contributed by atoms with E-state index in [2.05, 4.69) is 31.9 Å². The molecule has 2 rings (SSSR count). The van der Waals surface area contributed by atoms with Crippen molar-refractivity contribution in [2.45, 2.75) is 19.3 Å². The molecule has 0 spiro atoms. The molecule has 0 radical (unpaired) electrons. The standard InChI is InChI=1S/C18H10Br2F6O/c1-9-2-3-10(6-15(9)20)16(27)8-14(18(24,25)26)11-4-12(17(21,22)23)7-13(19)5-11/h2-8H,1H3. The van der Waals surface area contributed by atoms with Gasteiger partial charge >= 0.3 is 12.4 Å². The summed E-state index contributed by atoms with van der Waals surface area (Å²) in [4.78, 5) is 12.3. The van der Waals surface area contributed by atoms with Gasteiger partial charge in [-0.2, -0.15) is 26.3 Å². The van der Waals surface area contributed by atoms with Crippen LogP contribution in [-0.2, 0) is 6.18 Å². The molecule has 0 unspecified atom stereocenters. The maximum absolute atomic E-state index is 13.5. The van der Waals surface area contributed by atoms with Gasteiger partial charge in [-0.3, -0.25) is 4.79 Å². The number of carbonyl (C=O) groups is 1. The largest absolute Gasteiger partial charge is 0.417 e. The van der Waals surface area contributed by atoms with Crippen LogP contribution in [0, 0.1) is 6.92 Å². The fourth-order valence-electron chi connectivity index (χ4n) is 2.20. The monoisotopic (exact) mass is 514 g/mol. The topological polar surface area (TPSA) is 17.1 Å². The van der Waals surface area contributed by atoms with E-state index in [1.165, 1.54) is 12.1 Å². The average molecular weight is 516 g/mol. The SMILES string of the molecule is Cc1ccc(C(=O)C=C(c2cc(Br)cc(C(F)(F)F)c2)C(F)(F)F)cc1Br. The molecule has 0 heterocycles. The van der Waals surface area contributed by atoms with Gasteiger partial charge in [0.1, 0.15) is 0 Å². The van der Waals surface area contributed by atoms with Crippen LogP contribution >= 0.6 is 31.9 Å². The van der Waals surface area contributed by atoms with E-state index < -0.39 is 34.8 Å². The van der Waals surface area contributed by atoms with Crippen molar-refractivity contribution in [3.05, 3.63) is 73.7 Å². The fraction of sp³-hybridized carbons (Fsp3) is 0.167. The van der Waals surface area contributed by atoms with Crippen molar-refractivity contribution in [2.75, 3.05) is 0 Å². The number of benzene rings is 2. The highest BCUT2D eigenvalue weighted by atomic mass is 79.9. The number of carbonyl (C=O) groups excluding carboxylic acids is 1. The molecule has 0 fully saturated rings. The van der Waals surface area contributed by atoms with Gasteiger partial charge < -0.3 is 0 Å². The number of hydrogen-bond donors (Lipinski definition) is 0. The summed E-state index contributed by atoms with van der Waals surface area (Å²) in [6.07, 6.45) is -9.55. The first-order valence-electron chi connectivity index (χ1n) is 7.26. The molecule has 0 saturated carbocycles. The molecule has 1 nitrogen and oxygen atoms in total. The quantitative estimate of drug-likeness (QED) is 0.237. The van der Waals surface area contributed by atoms with Crippen molar-refractivity contribution < 1.29 is 31.1 Å². The van der Waals surface area contributed by atoms with E-state index in [4.69, 9.17) is 0 Å². The minimum atomic E-state index is -5.03. The van der Waals surface area contributed by atoms with Crippen LogP contribution in [0.2, 0.25) is 0 Å². The lowest BCUT2D eigenvalue weighted by molar-refractivity contribution is -0.137. The molecular formula is C18H10Br2F6O. The smallest absolute Gasteiger partial charge is 0.289 e. The molecule has 0 aliphatic heterocycles. The Bertz CT molecular complexity index is 913. The second-order valence-electron chi connectivity index (χ2n) is 5.61. The van der Waals surface area contributed by atoms with Crippen molar-refractivity contribution in [3.8, 4) is 0 Å². The number of ketones is 1. The van der Waals surface area contributed by atoms with Gasteiger partial charge in [0, 0.05) is 14.5 Å². The van der Waals surface area contributed by atoms with Crippen LogP contribution in [0.5, 0.6) is 0 Å². The second kappa shape index (κ2) is 7.79. The molecular weight excluding hydrogens is 506 g/mol. The maximum atomic E-state index is 13.5. The number of halogens is 8. The Morgan fingerprint density at radius 2 is 1.56 bits per heavy atom. The Morgan fingerprint density at radius 3 is 2.07 bits per heavy atom. The zero-order chi connectivity index (χ0) is 20.6. The molecule has 0 atom stereocenters. The lowest BCUT2D eigenvalue weighted by Gasteiger charge is -2.15. The molecule has 0 saturated heterocycles. The molecule has 0 N–H and O–H groups in total. The number of rotatable bonds is 3. The van der Waals surface area contributed by atoms with Crippen LogP contribution in [0.25, 0.3) is 5.57 Å². The van der Waals surface area contributed by atoms with E-state index in [1.54, 1.807) is 13.0 Å². The Labute approximate surface area is 167 Å². The van der Waals surface area contributed by atoms with Gasteiger partial charge in [0.2, 0.25) is 0 Å². The summed E-state index contributed by atoms with van der Waals surface area (Å²) in [6.45, 7) is 1.73.